The Morgan fingerprint density at radius 3 is 1.16 bits per heavy atom. The molecule has 0 unspecified atom stereocenters. The highest BCUT2D eigenvalue weighted by molar-refractivity contribution is 4.92. The molecule has 0 aromatic rings. The lowest BCUT2D eigenvalue weighted by Crippen LogP contribution is -2.63. The van der Waals surface area contributed by atoms with Crippen molar-refractivity contribution in [3.8, 4) is 0 Å². The van der Waals surface area contributed by atoms with Crippen molar-refractivity contribution < 1.29 is 66.0 Å². The molecule has 0 radical (unpaired) electrons. The number of hydrogen-bond donors (Lipinski definition) is 8. The molecule has 2 rings (SSSR count). The van der Waals surface area contributed by atoms with Crippen LogP contribution in [0.3, 0.4) is 0 Å². The van der Waals surface area contributed by atoms with Crippen LogP contribution in [-0.2, 0) is 14.2 Å². The zero-order valence-corrected chi connectivity index (χ0v) is 13.0. The molecule has 13 heteroatoms. The highest BCUT2D eigenvalue weighted by Crippen LogP contribution is 2.27. The van der Waals surface area contributed by atoms with Crippen LogP contribution in [0.15, 0.2) is 0 Å². The summed E-state index contributed by atoms with van der Waals surface area (Å²) < 4.78 is 15.3. The zero-order chi connectivity index (χ0) is 17.3. The molecule has 2 aliphatic rings. The molecule has 25 heavy (non-hydrogen) atoms. The molecule has 2 aliphatic heterocycles. The Labute approximate surface area is 141 Å². The predicted octanol–water partition coefficient (Wildman–Crippen LogP) is -7.05. The number of ether oxygens (including phenoxy) is 3. The summed E-state index contributed by atoms with van der Waals surface area (Å²) >= 11 is 0. The third-order valence-electron chi connectivity index (χ3n) is 3.97. The van der Waals surface area contributed by atoms with E-state index < -0.39 is 74.6 Å². The molecule has 10 atom stereocenters. The maximum atomic E-state index is 9.84. The maximum absolute atomic E-state index is 9.84. The average Bonchev–Trinajstić information content (AvgIpc) is 2.55. The summed E-state index contributed by atoms with van der Waals surface area (Å²) in [6, 6.07) is 0. The van der Waals surface area contributed by atoms with E-state index in [-0.39, 0.29) is 11.0 Å². The van der Waals surface area contributed by atoms with Crippen molar-refractivity contribution in [2.45, 2.75) is 61.4 Å². The first-order valence-electron chi connectivity index (χ1n) is 7.08. The van der Waals surface area contributed by atoms with Gasteiger partial charge in [-0.1, -0.05) is 0 Å². The van der Waals surface area contributed by atoms with Gasteiger partial charge in [-0.2, -0.15) is 0 Å². The quantitative estimate of drug-likeness (QED) is 0.228. The monoisotopic (exact) mass is 378 g/mol. The summed E-state index contributed by atoms with van der Waals surface area (Å²) in [7, 11) is 0. The Morgan fingerprint density at radius 2 is 0.880 bits per heavy atom. The lowest BCUT2D eigenvalue weighted by Gasteiger charge is -2.44. The Kier molecular flexibility index (Phi) is 9.77. The fourth-order valence-corrected chi connectivity index (χ4v) is 2.49. The van der Waals surface area contributed by atoms with Gasteiger partial charge in [-0.3, -0.25) is 0 Å². The van der Waals surface area contributed by atoms with Gasteiger partial charge < -0.3 is 66.0 Å². The Bertz CT molecular complexity index is 346. The van der Waals surface area contributed by atoms with Gasteiger partial charge in [-0.05, 0) is 0 Å². The second-order valence-electron chi connectivity index (χ2n) is 5.53. The van der Waals surface area contributed by atoms with Gasteiger partial charge in [-0.15, -0.1) is 0 Å². The van der Waals surface area contributed by atoms with Crippen LogP contribution in [0.5, 0.6) is 0 Å². The standard InChI is InChI=1S/C12H22O11.2H2O/c13-1-3-5(15)7(17)9(19)11(21-3)23-12-10(20)8(18)6(16)4(2-14)22-12;;/h3-20H,1-2H2;2*1H2/t3-,4-,5-,6-,7+,8+,9-,10-,11-,12+;;/m1../s1. The van der Waals surface area contributed by atoms with Crippen molar-refractivity contribution in [1.29, 1.82) is 0 Å². The molecular formula is C12H26O13. The van der Waals surface area contributed by atoms with Crippen LogP contribution in [0.4, 0.5) is 0 Å². The van der Waals surface area contributed by atoms with Crippen LogP contribution in [0.25, 0.3) is 0 Å². The number of aliphatic hydroxyl groups is 8. The van der Waals surface area contributed by atoms with E-state index in [1.807, 2.05) is 0 Å². The van der Waals surface area contributed by atoms with E-state index in [9.17, 15) is 30.6 Å². The van der Waals surface area contributed by atoms with Crippen molar-refractivity contribution in [2.24, 2.45) is 0 Å². The fraction of sp³-hybridized carbons (Fsp3) is 1.00. The van der Waals surface area contributed by atoms with Crippen molar-refractivity contribution in [1.82, 2.24) is 0 Å². The first-order valence-corrected chi connectivity index (χ1v) is 7.08. The van der Waals surface area contributed by atoms with Gasteiger partial charge in [0.25, 0.3) is 0 Å². The van der Waals surface area contributed by atoms with E-state index in [1.165, 1.54) is 0 Å². The molecule has 2 heterocycles. The minimum atomic E-state index is -1.72. The van der Waals surface area contributed by atoms with E-state index in [4.69, 9.17) is 24.4 Å². The largest absolute Gasteiger partial charge is 0.412 e. The molecule has 2 saturated heterocycles. The normalized spacial score (nSPS) is 47.5. The van der Waals surface area contributed by atoms with Crippen LogP contribution in [0.2, 0.25) is 0 Å². The Hall–Kier alpha value is -0.520. The summed E-state index contributed by atoms with van der Waals surface area (Å²) in [4.78, 5) is 0. The van der Waals surface area contributed by atoms with Gasteiger partial charge in [0, 0.05) is 0 Å². The summed E-state index contributed by atoms with van der Waals surface area (Å²) in [6.45, 7) is -1.33. The molecule has 2 fully saturated rings. The van der Waals surface area contributed by atoms with Crippen LogP contribution in [0, 0.1) is 0 Å². The van der Waals surface area contributed by atoms with Crippen molar-refractivity contribution in [3.05, 3.63) is 0 Å². The van der Waals surface area contributed by atoms with Gasteiger partial charge in [0.1, 0.15) is 48.8 Å². The molecule has 0 bridgehead atoms. The van der Waals surface area contributed by atoms with Gasteiger partial charge in [0.15, 0.2) is 12.6 Å². The second kappa shape index (κ2) is 9.98. The Balaban J connectivity index is 0.00000288. The molecule has 0 aromatic carbocycles. The summed E-state index contributed by atoms with van der Waals surface area (Å²) in [5.74, 6) is 0. The molecule has 0 saturated carbocycles. The molecule has 13 nitrogen and oxygen atoms in total. The van der Waals surface area contributed by atoms with E-state index in [1.54, 1.807) is 0 Å². The third kappa shape index (κ3) is 4.81. The van der Waals surface area contributed by atoms with E-state index in [0.29, 0.717) is 0 Å². The third-order valence-corrected chi connectivity index (χ3v) is 3.97. The first-order chi connectivity index (χ1) is 10.8. The highest BCUT2D eigenvalue weighted by atomic mass is 16.8. The molecular weight excluding hydrogens is 352 g/mol. The summed E-state index contributed by atoms with van der Waals surface area (Å²) in [5, 5.41) is 76.4. The maximum Gasteiger partial charge on any atom is 0.189 e. The SMILES string of the molecule is O.O.OC[C@H]1O[C@@H](O[C@H]2O[C@H](CO)[C@@H](O)[C@H](O)[C@H]2O)[C@H](O)[C@@H](O)[C@@H]1O. The number of aliphatic hydroxyl groups excluding tert-OH is 8. The van der Waals surface area contributed by atoms with Crippen LogP contribution in [0.1, 0.15) is 0 Å². The van der Waals surface area contributed by atoms with Gasteiger partial charge in [0.2, 0.25) is 0 Å². The topological polar surface area (TPSA) is 253 Å². The van der Waals surface area contributed by atoms with E-state index in [2.05, 4.69) is 0 Å². The molecule has 0 amide bonds. The summed E-state index contributed by atoms with van der Waals surface area (Å²) in [6.07, 6.45) is -15.6. The van der Waals surface area contributed by atoms with E-state index >= 15 is 0 Å². The average molecular weight is 378 g/mol. The lowest BCUT2D eigenvalue weighted by molar-refractivity contribution is -0.376. The Morgan fingerprint density at radius 1 is 0.560 bits per heavy atom. The first kappa shape index (κ1) is 24.5. The lowest BCUT2D eigenvalue weighted by atomic mass is 9.98. The molecule has 152 valence electrons. The van der Waals surface area contributed by atoms with Crippen LogP contribution in [-0.4, -0.2) is 126 Å². The second-order valence-corrected chi connectivity index (χ2v) is 5.53. The highest BCUT2D eigenvalue weighted by Gasteiger charge is 2.49. The van der Waals surface area contributed by atoms with Gasteiger partial charge >= 0.3 is 0 Å². The minimum absolute atomic E-state index is 0. The molecule has 0 spiro atoms. The van der Waals surface area contributed by atoms with Crippen LogP contribution < -0.4 is 0 Å². The number of hydrogen-bond acceptors (Lipinski definition) is 11. The van der Waals surface area contributed by atoms with Gasteiger partial charge in [0.05, 0.1) is 13.2 Å². The van der Waals surface area contributed by atoms with Crippen molar-refractivity contribution in [2.75, 3.05) is 13.2 Å². The molecule has 12 N–H and O–H groups in total. The van der Waals surface area contributed by atoms with Crippen molar-refractivity contribution in [3.63, 3.8) is 0 Å². The fourth-order valence-electron chi connectivity index (χ4n) is 2.49. The summed E-state index contributed by atoms with van der Waals surface area (Å²) in [5.41, 5.74) is 0. The predicted molar refractivity (Wildman–Crippen MR) is 75.8 cm³/mol. The minimum Gasteiger partial charge on any atom is -0.412 e. The smallest absolute Gasteiger partial charge is 0.189 e. The van der Waals surface area contributed by atoms with Gasteiger partial charge in [-0.25, -0.2) is 0 Å². The van der Waals surface area contributed by atoms with Crippen molar-refractivity contribution >= 4 is 0 Å². The van der Waals surface area contributed by atoms with Crippen LogP contribution >= 0.6 is 0 Å². The molecule has 0 aliphatic carbocycles. The van der Waals surface area contributed by atoms with E-state index in [0.717, 1.165) is 0 Å². The zero-order valence-electron chi connectivity index (χ0n) is 13.0. The number of rotatable bonds is 4. The molecule has 0 aromatic heterocycles.